The summed E-state index contributed by atoms with van der Waals surface area (Å²) in [5.41, 5.74) is 3.93. The molecule has 0 bridgehead atoms. The molecular weight excluding hydrogens is 258 g/mol. The van der Waals surface area contributed by atoms with Crippen LogP contribution in [0.5, 0.6) is 0 Å². The van der Waals surface area contributed by atoms with Crippen LogP contribution in [0.4, 0.5) is 5.69 Å². The summed E-state index contributed by atoms with van der Waals surface area (Å²) < 4.78 is 0. The van der Waals surface area contributed by atoms with Crippen LogP contribution in [0.3, 0.4) is 0 Å². The lowest BCUT2D eigenvalue weighted by atomic mass is 10.1. The fourth-order valence-electron chi connectivity index (χ4n) is 1.96. The van der Waals surface area contributed by atoms with Gasteiger partial charge in [0.15, 0.2) is 0 Å². The molecule has 2 aromatic rings. The summed E-state index contributed by atoms with van der Waals surface area (Å²) >= 11 is 6.04. The maximum atomic E-state index is 12.0. The van der Waals surface area contributed by atoms with Crippen molar-refractivity contribution in [1.29, 1.82) is 0 Å². The number of carbonyl (C=O) groups excluding carboxylic acids is 1. The Bertz CT molecular complexity index is 607. The molecule has 0 fully saturated rings. The number of amides is 1. The van der Waals surface area contributed by atoms with E-state index in [1.807, 2.05) is 50.2 Å². The van der Waals surface area contributed by atoms with Crippen LogP contribution in [0, 0.1) is 13.8 Å². The number of aryl methyl sites for hydroxylation is 2. The molecular formula is C16H16ClNO. The van der Waals surface area contributed by atoms with Gasteiger partial charge in [-0.2, -0.15) is 0 Å². The van der Waals surface area contributed by atoms with Gasteiger partial charge >= 0.3 is 0 Å². The van der Waals surface area contributed by atoms with Gasteiger partial charge in [0.05, 0.1) is 6.42 Å². The normalized spacial score (nSPS) is 10.3. The van der Waals surface area contributed by atoms with Crippen molar-refractivity contribution in [2.45, 2.75) is 20.3 Å². The van der Waals surface area contributed by atoms with Gasteiger partial charge in [-0.05, 0) is 37.1 Å². The van der Waals surface area contributed by atoms with Gasteiger partial charge in [-0.15, -0.1) is 0 Å². The summed E-state index contributed by atoms with van der Waals surface area (Å²) in [5.74, 6) is -0.0555. The fourth-order valence-corrected chi connectivity index (χ4v) is 2.17. The minimum absolute atomic E-state index is 0.0555. The number of hydrogen-bond acceptors (Lipinski definition) is 1. The maximum absolute atomic E-state index is 12.0. The molecule has 0 saturated heterocycles. The molecule has 0 aliphatic carbocycles. The summed E-state index contributed by atoms with van der Waals surface area (Å²) in [4.78, 5) is 12.0. The number of anilines is 1. The summed E-state index contributed by atoms with van der Waals surface area (Å²) in [7, 11) is 0. The van der Waals surface area contributed by atoms with Gasteiger partial charge in [-0.3, -0.25) is 4.79 Å². The summed E-state index contributed by atoms with van der Waals surface area (Å²) in [5, 5.41) is 3.54. The number of nitrogens with one attached hydrogen (secondary N) is 1. The molecule has 0 saturated carbocycles. The average molecular weight is 274 g/mol. The number of carbonyl (C=O) groups is 1. The molecule has 0 spiro atoms. The lowest BCUT2D eigenvalue weighted by Crippen LogP contribution is -2.15. The Morgan fingerprint density at radius 2 is 1.89 bits per heavy atom. The van der Waals surface area contributed by atoms with Crippen LogP contribution in [0.1, 0.15) is 16.7 Å². The van der Waals surface area contributed by atoms with E-state index in [0.29, 0.717) is 5.02 Å². The van der Waals surface area contributed by atoms with Crippen LogP contribution in [-0.4, -0.2) is 5.91 Å². The van der Waals surface area contributed by atoms with Gasteiger partial charge in [0, 0.05) is 10.7 Å². The average Bonchev–Trinajstić information content (AvgIpc) is 2.36. The highest BCUT2D eigenvalue weighted by molar-refractivity contribution is 6.31. The Morgan fingerprint density at radius 3 is 2.58 bits per heavy atom. The molecule has 0 heterocycles. The van der Waals surface area contributed by atoms with Crippen LogP contribution in [0.25, 0.3) is 0 Å². The first-order valence-corrected chi connectivity index (χ1v) is 6.54. The molecule has 2 aromatic carbocycles. The largest absolute Gasteiger partial charge is 0.326 e. The minimum Gasteiger partial charge on any atom is -0.326 e. The number of halogens is 1. The Balaban J connectivity index is 2.08. The zero-order valence-electron chi connectivity index (χ0n) is 11.0. The molecule has 0 aliphatic rings. The van der Waals surface area contributed by atoms with Crippen molar-refractivity contribution in [1.82, 2.24) is 0 Å². The van der Waals surface area contributed by atoms with E-state index < -0.39 is 0 Å². The van der Waals surface area contributed by atoms with E-state index in [4.69, 9.17) is 11.6 Å². The van der Waals surface area contributed by atoms with E-state index in [-0.39, 0.29) is 12.3 Å². The Hall–Kier alpha value is -1.80. The predicted molar refractivity (Wildman–Crippen MR) is 79.7 cm³/mol. The Kier molecular flexibility index (Phi) is 4.23. The molecule has 0 aliphatic heterocycles. The standard InChI is InChI=1S/C16H16ClNO/c1-11-7-8-15(12(2)9-11)18-16(19)10-13-5-3-4-6-14(13)17/h3-9H,10H2,1-2H3,(H,18,19). The van der Waals surface area contributed by atoms with Gasteiger partial charge in [0.2, 0.25) is 5.91 Å². The number of rotatable bonds is 3. The number of hydrogen-bond donors (Lipinski definition) is 1. The zero-order valence-corrected chi connectivity index (χ0v) is 11.8. The quantitative estimate of drug-likeness (QED) is 0.895. The lowest BCUT2D eigenvalue weighted by Gasteiger charge is -2.09. The molecule has 2 rings (SSSR count). The summed E-state index contributed by atoms with van der Waals surface area (Å²) in [6, 6.07) is 13.4. The molecule has 2 nitrogen and oxygen atoms in total. The third-order valence-electron chi connectivity index (χ3n) is 2.96. The molecule has 3 heteroatoms. The van der Waals surface area contributed by atoms with Gasteiger partial charge in [0.1, 0.15) is 0 Å². The summed E-state index contributed by atoms with van der Waals surface area (Å²) in [6.07, 6.45) is 0.285. The second-order valence-electron chi connectivity index (χ2n) is 4.63. The second kappa shape index (κ2) is 5.89. The van der Waals surface area contributed by atoms with Crippen LogP contribution in [-0.2, 0) is 11.2 Å². The van der Waals surface area contributed by atoms with Gasteiger partial charge in [0.25, 0.3) is 0 Å². The van der Waals surface area contributed by atoms with Gasteiger partial charge < -0.3 is 5.32 Å². The first-order chi connectivity index (χ1) is 9.06. The zero-order chi connectivity index (χ0) is 13.8. The molecule has 0 unspecified atom stereocenters. The molecule has 98 valence electrons. The SMILES string of the molecule is Cc1ccc(NC(=O)Cc2ccccc2Cl)c(C)c1. The highest BCUT2D eigenvalue weighted by atomic mass is 35.5. The van der Waals surface area contributed by atoms with Gasteiger partial charge in [-0.25, -0.2) is 0 Å². The summed E-state index contributed by atoms with van der Waals surface area (Å²) in [6.45, 7) is 4.01. The monoisotopic (exact) mass is 273 g/mol. The van der Waals surface area contributed by atoms with Crippen molar-refractivity contribution >= 4 is 23.2 Å². The van der Waals surface area contributed by atoms with Crippen molar-refractivity contribution in [2.75, 3.05) is 5.32 Å². The van der Waals surface area contributed by atoms with Crippen LogP contribution < -0.4 is 5.32 Å². The van der Waals surface area contributed by atoms with E-state index >= 15 is 0 Å². The van der Waals surface area contributed by atoms with Crippen LogP contribution in [0.2, 0.25) is 5.02 Å². The van der Waals surface area contributed by atoms with Crippen molar-refractivity contribution in [3.8, 4) is 0 Å². The topological polar surface area (TPSA) is 29.1 Å². The first kappa shape index (κ1) is 13.6. The fraction of sp³-hybridized carbons (Fsp3) is 0.188. The highest BCUT2D eigenvalue weighted by Gasteiger charge is 2.08. The van der Waals surface area contributed by atoms with E-state index in [1.165, 1.54) is 5.56 Å². The van der Waals surface area contributed by atoms with E-state index in [2.05, 4.69) is 5.32 Å². The van der Waals surface area contributed by atoms with E-state index in [1.54, 1.807) is 6.07 Å². The van der Waals surface area contributed by atoms with Crippen molar-refractivity contribution in [2.24, 2.45) is 0 Å². The molecule has 0 atom stereocenters. The van der Waals surface area contributed by atoms with Crippen molar-refractivity contribution in [3.63, 3.8) is 0 Å². The van der Waals surface area contributed by atoms with Crippen molar-refractivity contribution < 1.29 is 4.79 Å². The second-order valence-corrected chi connectivity index (χ2v) is 5.04. The lowest BCUT2D eigenvalue weighted by molar-refractivity contribution is -0.115. The smallest absolute Gasteiger partial charge is 0.228 e. The third-order valence-corrected chi connectivity index (χ3v) is 3.33. The van der Waals surface area contributed by atoms with Crippen LogP contribution in [0.15, 0.2) is 42.5 Å². The maximum Gasteiger partial charge on any atom is 0.228 e. The Morgan fingerprint density at radius 1 is 1.16 bits per heavy atom. The minimum atomic E-state index is -0.0555. The predicted octanol–water partition coefficient (Wildman–Crippen LogP) is 4.14. The number of benzene rings is 2. The van der Waals surface area contributed by atoms with Crippen molar-refractivity contribution in [3.05, 3.63) is 64.2 Å². The molecule has 1 amide bonds. The molecule has 0 radical (unpaired) electrons. The van der Waals surface area contributed by atoms with Gasteiger partial charge in [-0.1, -0.05) is 47.5 Å². The first-order valence-electron chi connectivity index (χ1n) is 6.17. The van der Waals surface area contributed by atoms with Crippen LogP contribution >= 0.6 is 11.6 Å². The Labute approximate surface area is 118 Å². The van der Waals surface area contributed by atoms with E-state index in [9.17, 15) is 4.79 Å². The third kappa shape index (κ3) is 3.58. The molecule has 19 heavy (non-hydrogen) atoms. The van der Waals surface area contributed by atoms with E-state index in [0.717, 1.165) is 16.8 Å². The highest BCUT2D eigenvalue weighted by Crippen LogP contribution is 2.18. The molecule has 1 N–H and O–H groups in total. The molecule has 0 aromatic heterocycles.